The largest absolute Gasteiger partial charge is 0.481 e. The Balaban J connectivity index is 2.13. The van der Waals surface area contributed by atoms with Gasteiger partial charge in [0, 0.05) is 39.8 Å². The molecule has 0 aliphatic carbocycles. The average Bonchev–Trinajstić information content (AvgIpc) is 2.35. The molecule has 0 spiro atoms. The van der Waals surface area contributed by atoms with E-state index in [-0.39, 0.29) is 12.5 Å². The van der Waals surface area contributed by atoms with Gasteiger partial charge in [0.05, 0.1) is 0 Å². The molecule has 104 valence electrons. The molecule has 6 nitrogen and oxygen atoms in total. The Morgan fingerprint density at radius 1 is 1.39 bits per heavy atom. The summed E-state index contributed by atoms with van der Waals surface area (Å²) in [6.07, 6.45) is 2.55. The molecule has 1 heterocycles. The van der Waals surface area contributed by atoms with E-state index in [1.54, 1.807) is 11.9 Å². The Morgan fingerprint density at radius 3 is 2.67 bits per heavy atom. The van der Waals surface area contributed by atoms with E-state index in [0.717, 1.165) is 32.6 Å². The third-order valence-electron chi connectivity index (χ3n) is 3.06. The van der Waals surface area contributed by atoms with Crippen LogP contribution in [0, 0.1) is 5.92 Å². The molecule has 1 fully saturated rings. The summed E-state index contributed by atoms with van der Waals surface area (Å²) in [5.41, 5.74) is 0. The van der Waals surface area contributed by atoms with Crippen LogP contribution >= 0.6 is 0 Å². The van der Waals surface area contributed by atoms with Gasteiger partial charge >= 0.3 is 12.0 Å². The zero-order chi connectivity index (χ0) is 13.4. The molecule has 1 saturated heterocycles. The summed E-state index contributed by atoms with van der Waals surface area (Å²) < 4.78 is 5.27. The normalized spacial score (nSPS) is 16.3. The maximum absolute atomic E-state index is 11.7. The molecule has 0 aromatic carbocycles. The summed E-state index contributed by atoms with van der Waals surface area (Å²) in [6.45, 7) is 2.69. The van der Waals surface area contributed by atoms with Crippen LogP contribution in [-0.2, 0) is 9.53 Å². The summed E-state index contributed by atoms with van der Waals surface area (Å²) in [5.74, 6) is -0.326. The number of carboxylic acids is 1. The monoisotopic (exact) mass is 258 g/mol. The smallest absolute Gasteiger partial charge is 0.317 e. The summed E-state index contributed by atoms with van der Waals surface area (Å²) in [6, 6.07) is -0.133. The molecule has 0 aromatic rings. The molecule has 2 amide bonds. The van der Waals surface area contributed by atoms with Gasteiger partial charge in [-0.3, -0.25) is 4.79 Å². The van der Waals surface area contributed by atoms with Crippen LogP contribution in [0.4, 0.5) is 4.79 Å². The molecule has 0 atom stereocenters. The summed E-state index contributed by atoms with van der Waals surface area (Å²) >= 11 is 0. The molecule has 0 unspecified atom stereocenters. The van der Waals surface area contributed by atoms with Crippen molar-refractivity contribution in [2.75, 3.05) is 33.4 Å². The van der Waals surface area contributed by atoms with Crippen molar-refractivity contribution in [1.82, 2.24) is 10.2 Å². The number of carbonyl (C=O) groups excluding carboxylic acids is 1. The van der Waals surface area contributed by atoms with Crippen molar-refractivity contribution in [3.8, 4) is 0 Å². The SMILES string of the molecule is CN(CC1CCOCC1)C(=O)NCCCC(=O)O. The van der Waals surface area contributed by atoms with Gasteiger partial charge in [-0.15, -0.1) is 0 Å². The van der Waals surface area contributed by atoms with Crippen LogP contribution in [0.25, 0.3) is 0 Å². The fourth-order valence-electron chi connectivity index (χ4n) is 1.97. The van der Waals surface area contributed by atoms with E-state index in [9.17, 15) is 9.59 Å². The molecule has 1 aliphatic rings. The van der Waals surface area contributed by atoms with Gasteiger partial charge in [0.1, 0.15) is 0 Å². The standard InChI is InChI=1S/C12H22N2O4/c1-14(9-10-4-7-18-8-5-10)12(17)13-6-2-3-11(15)16/h10H,2-9H2,1H3,(H,13,17)(H,15,16). The molecular formula is C12H22N2O4. The highest BCUT2D eigenvalue weighted by Crippen LogP contribution is 2.15. The van der Waals surface area contributed by atoms with Crippen LogP contribution in [0.3, 0.4) is 0 Å². The number of rotatable bonds is 6. The lowest BCUT2D eigenvalue weighted by Gasteiger charge is -2.27. The quantitative estimate of drug-likeness (QED) is 0.694. The predicted octanol–water partition coefficient (Wildman–Crippen LogP) is 0.919. The Hall–Kier alpha value is -1.30. The lowest BCUT2D eigenvalue weighted by atomic mass is 10.0. The van der Waals surface area contributed by atoms with Crippen LogP contribution in [0.15, 0.2) is 0 Å². The van der Waals surface area contributed by atoms with Crippen LogP contribution in [-0.4, -0.2) is 55.4 Å². The van der Waals surface area contributed by atoms with Gasteiger partial charge in [0.15, 0.2) is 0 Å². The Bertz CT molecular complexity index is 277. The van der Waals surface area contributed by atoms with E-state index in [4.69, 9.17) is 9.84 Å². The molecular weight excluding hydrogens is 236 g/mol. The molecule has 1 aliphatic heterocycles. The maximum atomic E-state index is 11.7. The predicted molar refractivity (Wildman–Crippen MR) is 66.4 cm³/mol. The molecule has 2 N–H and O–H groups in total. The van der Waals surface area contributed by atoms with Crippen molar-refractivity contribution < 1.29 is 19.4 Å². The fourth-order valence-corrected chi connectivity index (χ4v) is 1.97. The minimum atomic E-state index is -0.834. The molecule has 0 saturated carbocycles. The second-order valence-corrected chi connectivity index (χ2v) is 4.67. The number of hydrogen-bond donors (Lipinski definition) is 2. The summed E-state index contributed by atoms with van der Waals surface area (Å²) in [5, 5.41) is 11.2. The maximum Gasteiger partial charge on any atom is 0.317 e. The van der Waals surface area contributed by atoms with Crippen LogP contribution in [0.2, 0.25) is 0 Å². The number of carbonyl (C=O) groups is 2. The van der Waals surface area contributed by atoms with E-state index in [1.165, 1.54) is 0 Å². The number of urea groups is 1. The minimum Gasteiger partial charge on any atom is -0.481 e. The van der Waals surface area contributed by atoms with E-state index in [0.29, 0.717) is 18.9 Å². The highest BCUT2D eigenvalue weighted by Gasteiger charge is 2.18. The zero-order valence-corrected chi connectivity index (χ0v) is 10.9. The van der Waals surface area contributed by atoms with Crippen molar-refractivity contribution in [2.45, 2.75) is 25.7 Å². The Labute approximate surface area is 107 Å². The van der Waals surface area contributed by atoms with Crippen molar-refractivity contribution in [3.05, 3.63) is 0 Å². The van der Waals surface area contributed by atoms with E-state index < -0.39 is 5.97 Å². The lowest BCUT2D eigenvalue weighted by Crippen LogP contribution is -2.41. The summed E-state index contributed by atoms with van der Waals surface area (Å²) in [7, 11) is 1.77. The molecule has 0 aromatic heterocycles. The number of hydrogen-bond acceptors (Lipinski definition) is 3. The molecule has 0 bridgehead atoms. The van der Waals surface area contributed by atoms with Crippen LogP contribution in [0.5, 0.6) is 0 Å². The van der Waals surface area contributed by atoms with Crippen LogP contribution < -0.4 is 5.32 Å². The first-order chi connectivity index (χ1) is 8.59. The first kappa shape index (κ1) is 14.8. The average molecular weight is 258 g/mol. The van der Waals surface area contributed by atoms with Crippen molar-refractivity contribution >= 4 is 12.0 Å². The fraction of sp³-hybridized carbons (Fsp3) is 0.833. The summed E-state index contributed by atoms with van der Waals surface area (Å²) in [4.78, 5) is 23.7. The van der Waals surface area contributed by atoms with Gasteiger partial charge in [-0.25, -0.2) is 4.79 Å². The topological polar surface area (TPSA) is 78.9 Å². The number of aliphatic carboxylic acids is 1. The molecule has 6 heteroatoms. The number of nitrogens with one attached hydrogen (secondary N) is 1. The molecule has 18 heavy (non-hydrogen) atoms. The first-order valence-corrected chi connectivity index (χ1v) is 6.38. The van der Waals surface area contributed by atoms with Gasteiger partial charge < -0.3 is 20.1 Å². The first-order valence-electron chi connectivity index (χ1n) is 6.38. The minimum absolute atomic E-state index is 0.0873. The number of ether oxygens (including phenoxy) is 1. The highest BCUT2D eigenvalue weighted by molar-refractivity contribution is 5.73. The highest BCUT2D eigenvalue weighted by atomic mass is 16.5. The van der Waals surface area contributed by atoms with Gasteiger partial charge in [0.25, 0.3) is 0 Å². The number of nitrogens with zero attached hydrogens (tertiary/aromatic N) is 1. The van der Waals surface area contributed by atoms with Crippen molar-refractivity contribution in [3.63, 3.8) is 0 Å². The Kier molecular flexibility index (Phi) is 6.49. The van der Waals surface area contributed by atoms with Gasteiger partial charge in [-0.2, -0.15) is 0 Å². The van der Waals surface area contributed by atoms with E-state index in [1.807, 2.05) is 0 Å². The molecule has 0 radical (unpaired) electrons. The van der Waals surface area contributed by atoms with Gasteiger partial charge in [-0.1, -0.05) is 0 Å². The van der Waals surface area contributed by atoms with Crippen LogP contribution in [0.1, 0.15) is 25.7 Å². The zero-order valence-electron chi connectivity index (χ0n) is 10.9. The molecule has 1 rings (SSSR count). The third kappa shape index (κ3) is 5.86. The number of carboxylic acid groups (broad SMARTS) is 1. The lowest BCUT2D eigenvalue weighted by molar-refractivity contribution is -0.137. The van der Waals surface area contributed by atoms with E-state index >= 15 is 0 Å². The van der Waals surface area contributed by atoms with Gasteiger partial charge in [-0.05, 0) is 25.2 Å². The second kappa shape index (κ2) is 7.92. The van der Waals surface area contributed by atoms with Crippen molar-refractivity contribution in [1.29, 1.82) is 0 Å². The van der Waals surface area contributed by atoms with E-state index in [2.05, 4.69) is 5.32 Å². The third-order valence-corrected chi connectivity index (χ3v) is 3.06. The Morgan fingerprint density at radius 2 is 2.06 bits per heavy atom. The second-order valence-electron chi connectivity index (χ2n) is 4.67. The number of amides is 2. The van der Waals surface area contributed by atoms with Gasteiger partial charge in [0.2, 0.25) is 0 Å². The van der Waals surface area contributed by atoms with Crippen molar-refractivity contribution in [2.24, 2.45) is 5.92 Å².